The van der Waals surface area contributed by atoms with Gasteiger partial charge in [0, 0.05) is 37.8 Å². The van der Waals surface area contributed by atoms with Gasteiger partial charge in [0.15, 0.2) is 0 Å². The number of hydrogen-bond acceptors (Lipinski definition) is 4. The Hall–Kier alpha value is -1.56. The van der Waals surface area contributed by atoms with Crippen molar-refractivity contribution >= 4 is 12.0 Å². The summed E-state index contributed by atoms with van der Waals surface area (Å²) in [6, 6.07) is 0.388. The molecule has 6 heteroatoms. The summed E-state index contributed by atoms with van der Waals surface area (Å²) >= 11 is 0. The standard InChI is InChI=1S/C21H35N3O3/c1-14(2)13-23-10-8-15(9-11-23)22-19(25)17-12-16-6-7-18(17)24(16)20(26)27-21(3,4)5/h15-18H,1,6-13H2,2-5H3,(H,22,25). The van der Waals surface area contributed by atoms with Crippen molar-refractivity contribution in [3.8, 4) is 0 Å². The van der Waals surface area contributed by atoms with E-state index in [0.29, 0.717) is 0 Å². The number of ether oxygens (including phenoxy) is 1. The van der Waals surface area contributed by atoms with Gasteiger partial charge in [-0.3, -0.25) is 9.69 Å². The van der Waals surface area contributed by atoms with E-state index in [9.17, 15) is 9.59 Å². The zero-order chi connectivity index (χ0) is 19.8. The molecule has 0 aromatic rings. The molecule has 0 saturated carbocycles. The summed E-state index contributed by atoms with van der Waals surface area (Å²) in [5, 5.41) is 3.26. The van der Waals surface area contributed by atoms with E-state index >= 15 is 0 Å². The molecule has 3 unspecified atom stereocenters. The molecule has 3 saturated heterocycles. The van der Waals surface area contributed by atoms with Gasteiger partial charge in [-0.2, -0.15) is 0 Å². The molecule has 3 fully saturated rings. The Morgan fingerprint density at radius 3 is 2.41 bits per heavy atom. The van der Waals surface area contributed by atoms with Crippen molar-refractivity contribution in [1.29, 1.82) is 0 Å². The molecule has 6 nitrogen and oxygen atoms in total. The Morgan fingerprint density at radius 1 is 1.15 bits per heavy atom. The monoisotopic (exact) mass is 377 g/mol. The van der Waals surface area contributed by atoms with Crippen LogP contribution in [0.25, 0.3) is 0 Å². The van der Waals surface area contributed by atoms with Crippen molar-refractivity contribution in [2.24, 2.45) is 5.92 Å². The molecule has 0 spiro atoms. The maximum Gasteiger partial charge on any atom is 0.410 e. The van der Waals surface area contributed by atoms with Gasteiger partial charge >= 0.3 is 6.09 Å². The number of piperidine rings is 1. The summed E-state index contributed by atoms with van der Waals surface area (Å²) in [6.45, 7) is 14.6. The topological polar surface area (TPSA) is 61.9 Å². The number of fused-ring (bicyclic) bond motifs is 2. The van der Waals surface area contributed by atoms with Crippen LogP contribution in [0.5, 0.6) is 0 Å². The number of carbonyl (C=O) groups is 2. The summed E-state index contributed by atoms with van der Waals surface area (Å²) in [6.07, 6.45) is 4.35. The van der Waals surface area contributed by atoms with E-state index < -0.39 is 5.60 Å². The minimum absolute atomic E-state index is 0.00615. The van der Waals surface area contributed by atoms with Crippen molar-refractivity contribution in [2.75, 3.05) is 19.6 Å². The van der Waals surface area contributed by atoms with Crippen molar-refractivity contribution < 1.29 is 14.3 Å². The lowest BCUT2D eigenvalue weighted by atomic mass is 9.88. The van der Waals surface area contributed by atoms with E-state index in [0.717, 1.165) is 51.7 Å². The van der Waals surface area contributed by atoms with E-state index in [4.69, 9.17) is 4.74 Å². The number of likely N-dealkylation sites (tertiary alicyclic amines) is 1. The van der Waals surface area contributed by atoms with Crippen LogP contribution in [-0.2, 0) is 9.53 Å². The third kappa shape index (κ3) is 4.84. The first kappa shape index (κ1) is 20.2. The maximum absolute atomic E-state index is 12.9. The zero-order valence-corrected chi connectivity index (χ0v) is 17.3. The Kier molecular flexibility index (Phi) is 5.84. The molecular formula is C21H35N3O3. The van der Waals surface area contributed by atoms with Crippen LogP contribution in [0, 0.1) is 5.92 Å². The highest BCUT2D eigenvalue weighted by Gasteiger charge is 2.52. The quantitative estimate of drug-likeness (QED) is 0.765. The SMILES string of the molecule is C=C(C)CN1CCC(NC(=O)C2CC3CCC2N3C(=O)OC(C)(C)C)CC1. The highest BCUT2D eigenvalue weighted by atomic mass is 16.6. The minimum atomic E-state index is -0.505. The van der Waals surface area contributed by atoms with E-state index in [1.165, 1.54) is 5.57 Å². The number of amides is 2. The van der Waals surface area contributed by atoms with Crippen LogP contribution in [0.3, 0.4) is 0 Å². The Labute approximate surface area is 163 Å². The highest BCUT2D eigenvalue weighted by Crippen LogP contribution is 2.42. The lowest BCUT2D eigenvalue weighted by Gasteiger charge is -2.33. The molecule has 2 bridgehead atoms. The summed E-state index contributed by atoms with van der Waals surface area (Å²) in [4.78, 5) is 29.7. The molecule has 3 heterocycles. The molecule has 0 aliphatic carbocycles. The van der Waals surface area contributed by atoms with Crippen LogP contribution in [0.2, 0.25) is 0 Å². The number of nitrogens with zero attached hydrogens (tertiary/aromatic N) is 2. The van der Waals surface area contributed by atoms with Gasteiger partial charge in [0.2, 0.25) is 5.91 Å². The second-order valence-electron chi connectivity index (χ2n) is 9.54. The molecule has 2 amide bonds. The van der Waals surface area contributed by atoms with Gasteiger partial charge in [0.1, 0.15) is 5.60 Å². The molecule has 3 aliphatic rings. The Balaban J connectivity index is 1.52. The zero-order valence-electron chi connectivity index (χ0n) is 17.3. The number of hydrogen-bond donors (Lipinski definition) is 1. The largest absolute Gasteiger partial charge is 0.444 e. The second-order valence-corrected chi connectivity index (χ2v) is 9.54. The fraction of sp³-hybridized carbons (Fsp3) is 0.810. The van der Waals surface area contributed by atoms with Gasteiger partial charge in [-0.25, -0.2) is 4.79 Å². The molecule has 0 aromatic heterocycles. The van der Waals surface area contributed by atoms with Gasteiger partial charge in [0.25, 0.3) is 0 Å². The molecule has 0 aromatic carbocycles. The van der Waals surface area contributed by atoms with Crippen LogP contribution >= 0.6 is 0 Å². The lowest BCUT2D eigenvalue weighted by Crippen LogP contribution is -2.48. The van der Waals surface area contributed by atoms with Crippen molar-refractivity contribution in [2.45, 2.75) is 83.5 Å². The number of nitrogens with one attached hydrogen (secondary N) is 1. The Morgan fingerprint density at radius 2 is 1.81 bits per heavy atom. The third-order valence-corrected chi connectivity index (χ3v) is 5.91. The Bertz CT molecular complexity index is 590. The summed E-state index contributed by atoms with van der Waals surface area (Å²) in [7, 11) is 0. The van der Waals surface area contributed by atoms with Crippen LogP contribution in [0.4, 0.5) is 4.79 Å². The van der Waals surface area contributed by atoms with E-state index in [1.807, 2.05) is 25.7 Å². The van der Waals surface area contributed by atoms with Crippen LogP contribution < -0.4 is 5.32 Å². The van der Waals surface area contributed by atoms with Gasteiger partial charge < -0.3 is 15.0 Å². The van der Waals surface area contributed by atoms with Gasteiger partial charge in [-0.1, -0.05) is 12.2 Å². The maximum atomic E-state index is 12.9. The van der Waals surface area contributed by atoms with Crippen molar-refractivity contribution in [3.05, 3.63) is 12.2 Å². The van der Waals surface area contributed by atoms with E-state index in [1.54, 1.807) is 0 Å². The molecule has 3 atom stereocenters. The van der Waals surface area contributed by atoms with E-state index in [-0.39, 0.29) is 36.0 Å². The average molecular weight is 378 g/mol. The number of carbonyl (C=O) groups excluding carboxylic acids is 2. The van der Waals surface area contributed by atoms with Crippen LogP contribution in [0.1, 0.15) is 59.8 Å². The van der Waals surface area contributed by atoms with Crippen LogP contribution in [0.15, 0.2) is 12.2 Å². The molecule has 0 radical (unpaired) electrons. The number of rotatable bonds is 4. The summed E-state index contributed by atoms with van der Waals surface area (Å²) in [5.74, 6) is 0.0267. The first-order chi connectivity index (χ1) is 12.6. The van der Waals surface area contributed by atoms with Gasteiger partial charge in [-0.15, -0.1) is 0 Å². The molecule has 3 rings (SSSR count). The summed E-state index contributed by atoms with van der Waals surface area (Å²) < 4.78 is 5.57. The lowest BCUT2D eigenvalue weighted by molar-refractivity contribution is -0.126. The first-order valence-corrected chi connectivity index (χ1v) is 10.3. The van der Waals surface area contributed by atoms with Gasteiger partial charge in [-0.05, 0) is 59.8 Å². The molecular weight excluding hydrogens is 342 g/mol. The smallest absolute Gasteiger partial charge is 0.410 e. The summed E-state index contributed by atoms with van der Waals surface area (Å²) in [5.41, 5.74) is 0.677. The molecule has 152 valence electrons. The van der Waals surface area contributed by atoms with Crippen molar-refractivity contribution in [3.63, 3.8) is 0 Å². The fourth-order valence-electron chi connectivity index (χ4n) is 4.80. The normalized spacial score (nSPS) is 29.0. The molecule has 1 N–H and O–H groups in total. The molecule has 3 aliphatic heterocycles. The predicted octanol–water partition coefficient (Wildman–Crippen LogP) is 2.93. The highest BCUT2D eigenvalue weighted by molar-refractivity contribution is 5.82. The molecule has 27 heavy (non-hydrogen) atoms. The van der Waals surface area contributed by atoms with Crippen molar-refractivity contribution in [1.82, 2.24) is 15.1 Å². The second kappa shape index (κ2) is 7.82. The first-order valence-electron chi connectivity index (χ1n) is 10.3. The minimum Gasteiger partial charge on any atom is -0.444 e. The fourth-order valence-corrected chi connectivity index (χ4v) is 4.80. The average Bonchev–Trinajstić information content (AvgIpc) is 3.12. The third-order valence-electron chi connectivity index (χ3n) is 5.91. The van der Waals surface area contributed by atoms with E-state index in [2.05, 4.69) is 23.7 Å². The van der Waals surface area contributed by atoms with Crippen LogP contribution in [-0.4, -0.2) is 65.2 Å². The van der Waals surface area contributed by atoms with Gasteiger partial charge in [0.05, 0.1) is 5.92 Å². The predicted molar refractivity (Wildman–Crippen MR) is 105 cm³/mol.